The number of hydrogen-bond acceptors (Lipinski definition) is 2. The van der Waals surface area contributed by atoms with Gasteiger partial charge in [0, 0.05) is 22.4 Å². The highest BCUT2D eigenvalue weighted by atomic mass is 16.3. The summed E-state index contributed by atoms with van der Waals surface area (Å²) in [6.07, 6.45) is 4.63. The minimum atomic E-state index is 0.119. The summed E-state index contributed by atoms with van der Waals surface area (Å²) >= 11 is 0. The molecule has 0 aliphatic heterocycles. The van der Waals surface area contributed by atoms with Crippen LogP contribution in [0.25, 0.3) is 33.1 Å². The van der Waals surface area contributed by atoms with Crippen molar-refractivity contribution in [1.82, 2.24) is 0 Å². The average molecular weight is 353 g/mol. The van der Waals surface area contributed by atoms with Gasteiger partial charge in [0.15, 0.2) is 5.58 Å². The van der Waals surface area contributed by atoms with Gasteiger partial charge in [-0.3, -0.25) is 0 Å². The predicted molar refractivity (Wildman–Crippen MR) is 116 cm³/mol. The number of fused-ring (bicyclic) bond motifs is 3. The number of nitrogens with one attached hydrogen (secondary N) is 1. The van der Waals surface area contributed by atoms with E-state index in [4.69, 9.17) is 4.42 Å². The Bertz CT molecular complexity index is 1120. The van der Waals surface area contributed by atoms with Crippen LogP contribution in [0.4, 0.5) is 5.69 Å². The topological polar surface area (TPSA) is 25.2 Å². The van der Waals surface area contributed by atoms with E-state index < -0.39 is 0 Å². The molecule has 3 aromatic carbocycles. The third-order valence-corrected chi connectivity index (χ3v) is 4.99. The quantitative estimate of drug-likeness (QED) is 0.374. The number of para-hydroxylation sites is 1. The largest absolute Gasteiger partial charge is 0.453 e. The van der Waals surface area contributed by atoms with Crippen LogP contribution in [0.3, 0.4) is 0 Å². The molecular formula is C25H23NO. The molecule has 0 fully saturated rings. The first-order valence-electron chi connectivity index (χ1n) is 9.23. The molecule has 0 radical (unpaired) electrons. The fourth-order valence-electron chi connectivity index (χ4n) is 3.56. The van der Waals surface area contributed by atoms with Crippen LogP contribution >= 0.6 is 0 Å². The van der Waals surface area contributed by atoms with E-state index in [2.05, 4.69) is 80.0 Å². The molecule has 27 heavy (non-hydrogen) atoms. The van der Waals surface area contributed by atoms with Crippen molar-refractivity contribution >= 4 is 27.6 Å². The Morgan fingerprint density at radius 2 is 1.70 bits per heavy atom. The molecule has 4 aromatic rings. The first-order valence-corrected chi connectivity index (χ1v) is 9.23. The van der Waals surface area contributed by atoms with Gasteiger partial charge in [0.2, 0.25) is 0 Å². The van der Waals surface area contributed by atoms with Crippen LogP contribution in [0, 0.1) is 6.92 Å². The fourth-order valence-corrected chi connectivity index (χ4v) is 3.56. The van der Waals surface area contributed by atoms with E-state index in [0.29, 0.717) is 0 Å². The molecule has 2 heteroatoms. The molecule has 0 saturated carbocycles. The lowest BCUT2D eigenvalue weighted by Gasteiger charge is -2.16. The molecule has 0 aliphatic carbocycles. The molecule has 134 valence electrons. The van der Waals surface area contributed by atoms with Gasteiger partial charge < -0.3 is 9.73 Å². The number of rotatable bonds is 6. The summed E-state index contributed by atoms with van der Waals surface area (Å²) in [5.41, 5.74) is 6.26. The summed E-state index contributed by atoms with van der Waals surface area (Å²) in [7, 11) is 0. The Hall–Kier alpha value is -3.26. The number of anilines is 1. The summed E-state index contributed by atoms with van der Waals surface area (Å²) in [6, 6.07) is 21.1. The highest BCUT2D eigenvalue weighted by molar-refractivity contribution is 6.12. The van der Waals surface area contributed by atoms with Crippen LogP contribution in [0.1, 0.15) is 12.0 Å². The molecular weight excluding hydrogens is 330 g/mol. The van der Waals surface area contributed by atoms with Gasteiger partial charge in [0.1, 0.15) is 5.58 Å². The molecule has 0 amide bonds. The first kappa shape index (κ1) is 17.2. The lowest BCUT2D eigenvalue weighted by atomic mass is 10.0. The summed E-state index contributed by atoms with van der Waals surface area (Å²) in [5, 5.41) is 5.83. The zero-order chi connectivity index (χ0) is 18.8. The highest BCUT2D eigenvalue weighted by Crippen LogP contribution is 2.39. The van der Waals surface area contributed by atoms with Crippen molar-refractivity contribution < 1.29 is 4.42 Å². The second kappa shape index (κ2) is 7.16. The minimum Gasteiger partial charge on any atom is -0.453 e. The Morgan fingerprint density at radius 1 is 0.926 bits per heavy atom. The lowest BCUT2D eigenvalue weighted by molar-refractivity contribution is 0.669. The maximum atomic E-state index is 6.45. The maximum Gasteiger partial charge on any atom is 0.158 e. The van der Waals surface area contributed by atoms with E-state index in [9.17, 15) is 0 Å². The van der Waals surface area contributed by atoms with Crippen molar-refractivity contribution in [2.45, 2.75) is 19.4 Å². The summed E-state index contributed by atoms with van der Waals surface area (Å²) in [6.45, 7) is 9.88. The first-order chi connectivity index (χ1) is 13.2. The van der Waals surface area contributed by atoms with Gasteiger partial charge in [-0.1, -0.05) is 72.8 Å². The number of aryl methyl sites for hydroxylation is 1. The summed E-state index contributed by atoms with van der Waals surface area (Å²) < 4.78 is 6.45. The predicted octanol–water partition coefficient (Wildman–Crippen LogP) is 7.10. The zero-order valence-corrected chi connectivity index (χ0v) is 15.5. The number of furan rings is 1. The van der Waals surface area contributed by atoms with Crippen LogP contribution < -0.4 is 5.32 Å². The van der Waals surface area contributed by atoms with E-state index in [1.807, 2.05) is 18.2 Å². The van der Waals surface area contributed by atoms with E-state index in [0.717, 1.165) is 50.7 Å². The molecule has 0 bridgehead atoms. The van der Waals surface area contributed by atoms with Crippen LogP contribution in [0.15, 0.2) is 90.4 Å². The highest BCUT2D eigenvalue weighted by Gasteiger charge is 2.17. The van der Waals surface area contributed by atoms with Crippen molar-refractivity contribution in [3.8, 4) is 11.1 Å². The molecule has 0 saturated heterocycles. The second-order valence-electron chi connectivity index (χ2n) is 6.80. The second-order valence-corrected chi connectivity index (χ2v) is 6.80. The van der Waals surface area contributed by atoms with E-state index in [1.165, 1.54) is 0 Å². The normalized spacial score (nSPS) is 12.2. The SMILES string of the molecule is C=CCC(C=C)Nc1c(C)ccc2c1oc1c(-c3ccccc3)cccc12. The van der Waals surface area contributed by atoms with Gasteiger partial charge >= 0.3 is 0 Å². The smallest absolute Gasteiger partial charge is 0.158 e. The van der Waals surface area contributed by atoms with Gasteiger partial charge in [-0.15, -0.1) is 13.2 Å². The van der Waals surface area contributed by atoms with E-state index >= 15 is 0 Å². The minimum absolute atomic E-state index is 0.119. The van der Waals surface area contributed by atoms with Gasteiger partial charge in [0.25, 0.3) is 0 Å². The van der Waals surface area contributed by atoms with Crippen molar-refractivity contribution in [1.29, 1.82) is 0 Å². The van der Waals surface area contributed by atoms with Crippen molar-refractivity contribution in [3.05, 3.63) is 91.5 Å². The Balaban J connectivity index is 1.95. The third kappa shape index (κ3) is 3.04. The van der Waals surface area contributed by atoms with Crippen LogP contribution in [0.2, 0.25) is 0 Å². The van der Waals surface area contributed by atoms with E-state index in [1.54, 1.807) is 0 Å². The summed E-state index contributed by atoms with van der Waals surface area (Å²) in [4.78, 5) is 0. The molecule has 1 N–H and O–H groups in total. The van der Waals surface area contributed by atoms with E-state index in [-0.39, 0.29) is 6.04 Å². The molecule has 1 atom stereocenters. The molecule has 2 nitrogen and oxygen atoms in total. The molecule has 1 unspecified atom stereocenters. The summed E-state index contributed by atoms with van der Waals surface area (Å²) in [5.74, 6) is 0. The van der Waals surface area contributed by atoms with Crippen molar-refractivity contribution in [2.24, 2.45) is 0 Å². The third-order valence-electron chi connectivity index (χ3n) is 4.99. The van der Waals surface area contributed by atoms with Gasteiger partial charge in [0.05, 0.1) is 5.69 Å². The molecule has 4 rings (SSSR count). The Labute approximate surface area is 159 Å². The van der Waals surface area contributed by atoms with Crippen molar-refractivity contribution in [2.75, 3.05) is 5.32 Å². The van der Waals surface area contributed by atoms with Crippen LogP contribution in [-0.2, 0) is 0 Å². The number of hydrogen-bond donors (Lipinski definition) is 1. The number of benzene rings is 3. The molecule has 0 spiro atoms. The Morgan fingerprint density at radius 3 is 2.44 bits per heavy atom. The van der Waals surface area contributed by atoms with Gasteiger partial charge in [-0.25, -0.2) is 0 Å². The van der Waals surface area contributed by atoms with Gasteiger partial charge in [-0.05, 0) is 24.5 Å². The lowest BCUT2D eigenvalue weighted by Crippen LogP contribution is -2.16. The average Bonchev–Trinajstić information content (AvgIpc) is 3.09. The maximum absolute atomic E-state index is 6.45. The molecule has 1 heterocycles. The van der Waals surface area contributed by atoms with Gasteiger partial charge in [-0.2, -0.15) is 0 Å². The fraction of sp³-hybridized carbons (Fsp3) is 0.120. The molecule has 1 aromatic heterocycles. The van der Waals surface area contributed by atoms with Crippen LogP contribution in [0.5, 0.6) is 0 Å². The Kier molecular flexibility index (Phi) is 4.55. The van der Waals surface area contributed by atoms with Crippen molar-refractivity contribution in [3.63, 3.8) is 0 Å². The monoisotopic (exact) mass is 353 g/mol. The van der Waals surface area contributed by atoms with Crippen LogP contribution in [-0.4, -0.2) is 6.04 Å². The standard InChI is InChI=1S/C25H23NO/c1-4-10-19(5-2)26-23-17(3)15-16-22-21-14-9-13-20(24(21)27-25(22)23)18-11-7-6-8-12-18/h4-9,11-16,19,26H,1-2,10H2,3H3. The molecule has 0 aliphatic rings. The zero-order valence-electron chi connectivity index (χ0n) is 15.5.